The summed E-state index contributed by atoms with van der Waals surface area (Å²) in [6.07, 6.45) is 9.98. The molecule has 1 N–H and O–H groups in total. The van der Waals surface area contributed by atoms with Crippen LogP contribution in [0.3, 0.4) is 0 Å². The van der Waals surface area contributed by atoms with Crippen molar-refractivity contribution in [3.63, 3.8) is 0 Å². The maximum atomic E-state index is 13.9. The summed E-state index contributed by atoms with van der Waals surface area (Å²) in [4.78, 5) is 4.22. The molecule has 0 aliphatic carbocycles. The molecule has 1 saturated heterocycles. The van der Waals surface area contributed by atoms with Crippen LogP contribution in [0.25, 0.3) is 10.6 Å². The highest BCUT2D eigenvalue weighted by atomic mass is 32.1. The van der Waals surface area contributed by atoms with E-state index in [4.69, 9.17) is 4.74 Å². The minimum Gasteiger partial charge on any atom is -0.375 e. The molecule has 1 aromatic carbocycles. The Balaban J connectivity index is 1.31. The number of nitrogens with zero attached hydrogens (tertiary/aromatic N) is 1. The van der Waals surface area contributed by atoms with Crippen molar-refractivity contribution in [2.45, 2.75) is 58.0 Å². The molecule has 3 rings (SSSR count). The molecule has 1 atom stereocenters. The first kappa shape index (κ1) is 22.2. The van der Waals surface area contributed by atoms with Gasteiger partial charge in [-0.3, -0.25) is 0 Å². The van der Waals surface area contributed by atoms with Gasteiger partial charge in [-0.05, 0) is 44.7 Å². The molecular weight excluding hydrogens is 397 g/mol. The molecular formula is C22H29F3N2OS. The maximum absolute atomic E-state index is 13.9. The number of ether oxygens (including phenoxy) is 1. The van der Waals surface area contributed by atoms with Gasteiger partial charge in [0.2, 0.25) is 0 Å². The molecule has 1 aliphatic rings. The Morgan fingerprint density at radius 2 is 1.86 bits per heavy atom. The number of aromatic nitrogens is 1. The molecule has 160 valence electrons. The van der Waals surface area contributed by atoms with Crippen molar-refractivity contribution in [1.29, 1.82) is 0 Å². The van der Waals surface area contributed by atoms with Crippen LogP contribution >= 0.6 is 11.3 Å². The summed E-state index contributed by atoms with van der Waals surface area (Å²) in [6, 6.07) is 1.34. The lowest BCUT2D eigenvalue weighted by atomic mass is 9.96. The van der Waals surface area contributed by atoms with Gasteiger partial charge >= 0.3 is 0 Å². The summed E-state index contributed by atoms with van der Waals surface area (Å²) in [5.41, 5.74) is 0.348. The van der Waals surface area contributed by atoms with Gasteiger partial charge in [0, 0.05) is 24.1 Å². The lowest BCUT2D eigenvalue weighted by Gasteiger charge is -2.13. The van der Waals surface area contributed by atoms with E-state index < -0.39 is 17.5 Å². The van der Waals surface area contributed by atoms with Crippen molar-refractivity contribution in [1.82, 2.24) is 10.3 Å². The second-order valence-electron chi connectivity index (χ2n) is 7.71. The van der Waals surface area contributed by atoms with Gasteiger partial charge in [0.1, 0.15) is 22.5 Å². The molecule has 29 heavy (non-hydrogen) atoms. The molecule has 0 amide bonds. The van der Waals surface area contributed by atoms with Gasteiger partial charge in [0.15, 0.2) is 0 Å². The maximum Gasteiger partial charge on any atom is 0.139 e. The second kappa shape index (κ2) is 11.7. The van der Waals surface area contributed by atoms with Gasteiger partial charge in [-0.25, -0.2) is 18.2 Å². The number of hydrogen-bond acceptors (Lipinski definition) is 4. The molecule has 0 bridgehead atoms. The normalized spacial score (nSPS) is 17.4. The van der Waals surface area contributed by atoms with Crippen molar-refractivity contribution >= 4 is 11.3 Å². The average molecular weight is 427 g/mol. The summed E-state index contributed by atoms with van der Waals surface area (Å²) in [5.74, 6) is -1.98. The molecule has 7 heteroatoms. The lowest BCUT2D eigenvalue weighted by Crippen LogP contribution is -2.20. The quantitative estimate of drug-likeness (QED) is 0.467. The zero-order valence-corrected chi connectivity index (χ0v) is 17.5. The molecule has 1 fully saturated rings. The highest BCUT2D eigenvalue weighted by molar-refractivity contribution is 7.13. The van der Waals surface area contributed by atoms with E-state index in [9.17, 15) is 13.2 Å². The van der Waals surface area contributed by atoms with Crippen LogP contribution in [-0.2, 0) is 11.3 Å². The standard InChI is InChI=1S/C22H29F3N2OS/c23-17-11-19(24)21(20(25)12-17)22-27-18(15-29-22)14-28-10-6-2-1-3-7-16-8-4-5-9-26-13-16/h11-12,15-16,26H,1-10,13-14H2. The van der Waals surface area contributed by atoms with Gasteiger partial charge in [0.25, 0.3) is 0 Å². The number of rotatable bonds is 10. The zero-order chi connectivity index (χ0) is 20.5. The number of halogens is 3. The molecule has 2 heterocycles. The van der Waals surface area contributed by atoms with E-state index in [1.807, 2.05) is 0 Å². The topological polar surface area (TPSA) is 34.1 Å². The van der Waals surface area contributed by atoms with Crippen LogP contribution in [-0.4, -0.2) is 24.7 Å². The van der Waals surface area contributed by atoms with Crippen molar-refractivity contribution in [3.05, 3.63) is 40.7 Å². The molecule has 0 radical (unpaired) electrons. The summed E-state index contributed by atoms with van der Waals surface area (Å²) < 4.78 is 46.4. The van der Waals surface area contributed by atoms with Crippen LogP contribution in [0.4, 0.5) is 13.2 Å². The zero-order valence-electron chi connectivity index (χ0n) is 16.7. The Morgan fingerprint density at radius 3 is 2.69 bits per heavy atom. The Bertz CT molecular complexity index is 737. The Kier molecular flexibility index (Phi) is 8.95. The Morgan fingerprint density at radius 1 is 1.07 bits per heavy atom. The highest BCUT2D eigenvalue weighted by Crippen LogP contribution is 2.30. The van der Waals surface area contributed by atoms with Crippen molar-refractivity contribution in [2.24, 2.45) is 5.92 Å². The first-order valence-electron chi connectivity index (χ1n) is 10.5. The number of hydrogen-bond donors (Lipinski definition) is 1. The van der Waals surface area contributed by atoms with Crippen LogP contribution in [0.5, 0.6) is 0 Å². The van der Waals surface area contributed by atoms with Gasteiger partial charge in [-0.2, -0.15) is 0 Å². The number of unbranched alkanes of at least 4 members (excludes halogenated alkanes) is 3. The van der Waals surface area contributed by atoms with E-state index in [2.05, 4.69) is 10.3 Å². The van der Waals surface area contributed by atoms with E-state index in [1.54, 1.807) is 5.38 Å². The molecule has 1 unspecified atom stereocenters. The summed E-state index contributed by atoms with van der Waals surface area (Å²) in [6.45, 7) is 3.30. The summed E-state index contributed by atoms with van der Waals surface area (Å²) in [5, 5.41) is 5.44. The third kappa shape index (κ3) is 7.08. The minimum absolute atomic E-state index is 0.201. The molecule has 1 aliphatic heterocycles. The Labute approximate surface area is 174 Å². The molecule has 1 aromatic heterocycles. The predicted molar refractivity (Wildman–Crippen MR) is 110 cm³/mol. The first-order valence-corrected chi connectivity index (χ1v) is 11.4. The van der Waals surface area contributed by atoms with Gasteiger partial charge in [0.05, 0.1) is 17.9 Å². The molecule has 0 saturated carbocycles. The van der Waals surface area contributed by atoms with Gasteiger partial charge < -0.3 is 10.1 Å². The van der Waals surface area contributed by atoms with Crippen molar-refractivity contribution < 1.29 is 17.9 Å². The van der Waals surface area contributed by atoms with Crippen LogP contribution in [0.15, 0.2) is 17.5 Å². The highest BCUT2D eigenvalue weighted by Gasteiger charge is 2.17. The fourth-order valence-electron chi connectivity index (χ4n) is 3.74. The SMILES string of the molecule is Fc1cc(F)c(-c2nc(COCCCCCCC3CCCCNC3)cs2)c(F)c1. The van der Waals surface area contributed by atoms with Crippen LogP contribution in [0, 0.1) is 23.4 Å². The number of thiazole rings is 1. The van der Waals surface area contributed by atoms with E-state index in [-0.39, 0.29) is 10.6 Å². The molecule has 3 nitrogen and oxygen atoms in total. The smallest absolute Gasteiger partial charge is 0.139 e. The third-order valence-corrected chi connectivity index (χ3v) is 6.23. The predicted octanol–water partition coefficient (Wildman–Crippen LogP) is 6.08. The number of benzene rings is 1. The minimum atomic E-state index is -0.941. The van der Waals surface area contributed by atoms with Crippen molar-refractivity contribution in [3.8, 4) is 10.6 Å². The van der Waals surface area contributed by atoms with Gasteiger partial charge in [-0.1, -0.05) is 25.7 Å². The Hall–Kier alpha value is -1.44. The van der Waals surface area contributed by atoms with Crippen LogP contribution in [0.1, 0.15) is 57.1 Å². The van der Waals surface area contributed by atoms with Gasteiger partial charge in [-0.15, -0.1) is 11.3 Å². The van der Waals surface area contributed by atoms with E-state index >= 15 is 0 Å². The van der Waals surface area contributed by atoms with E-state index in [0.29, 0.717) is 31.0 Å². The largest absolute Gasteiger partial charge is 0.375 e. The fourth-order valence-corrected chi connectivity index (χ4v) is 4.59. The number of nitrogens with one attached hydrogen (secondary N) is 1. The molecule has 2 aromatic rings. The third-order valence-electron chi connectivity index (χ3n) is 5.32. The van der Waals surface area contributed by atoms with E-state index in [0.717, 1.165) is 30.1 Å². The fraction of sp³-hybridized carbons (Fsp3) is 0.591. The molecule has 0 spiro atoms. The van der Waals surface area contributed by atoms with E-state index in [1.165, 1.54) is 51.6 Å². The average Bonchev–Trinajstić information content (AvgIpc) is 2.97. The first-order chi connectivity index (χ1) is 14.1. The lowest BCUT2D eigenvalue weighted by molar-refractivity contribution is 0.114. The summed E-state index contributed by atoms with van der Waals surface area (Å²) in [7, 11) is 0. The second-order valence-corrected chi connectivity index (χ2v) is 8.57. The monoisotopic (exact) mass is 426 g/mol. The van der Waals surface area contributed by atoms with Crippen molar-refractivity contribution in [2.75, 3.05) is 19.7 Å². The van der Waals surface area contributed by atoms with Crippen LogP contribution < -0.4 is 5.32 Å². The summed E-state index contributed by atoms with van der Waals surface area (Å²) >= 11 is 1.13. The van der Waals surface area contributed by atoms with Crippen LogP contribution in [0.2, 0.25) is 0 Å².